The number of halogens is 3. The van der Waals surface area contributed by atoms with Crippen molar-refractivity contribution in [3.63, 3.8) is 0 Å². The third-order valence-electron chi connectivity index (χ3n) is 3.27. The van der Waals surface area contributed by atoms with Crippen molar-refractivity contribution in [2.45, 2.75) is 12.5 Å². The molecule has 0 saturated heterocycles. The molecule has 0 fully saturated rings. The maximum absolute atomic E-state index is 13.6. The van der Waals surface area contributed by atoms with Crippen molar-refractivity contribution in [2.24, 2.45) is 0 Å². The fourth-order valence-electron chi connectivity index (χ4n) is 2.21. The second kappa shape index (κ2) is 5.47. The lowest BCUT2D eigenvalue weighted by molar-refractivity contribution is 0.152. The van der Waals surface area contributed by atoms with Crippen LogP contribution in [0.3, 0.4) is 0 Å². The molecule has 21 heavy (non-hydrogen) atoms. The number of rotatable bonds is 3. The number of para-hydroxylation sites is 1. The van der Waals surface area contributed by atoms with Crippen LogP contribution in [0, 0.1) is 11.6 Å². The summed E-state index contributed by atoms with van der Waals surface area (Å²) in [7, 11) is 0. The molecule has 0 saturated carbocycles. The average molecular weight is 309 g/mol. The normalized spacial score (nSPS) is 12.8. The molecule has 108 valence electrons. The fraction of sp³-hybridized carbons (Fsp3) is 0.125. The monoisotopic (exact) mass is 308 g/mol. The van der Waals surface area contributed by atoms with Gasteiger partial charge in [-0.25, -0.2) is 8.78 Å². The van der Waals surface area contributed by atoms with Crippen LogP contribution in [0.25, 0.3) is 11.0 Å². The molecule has 0 aliphatic heterocycles. The highest BCUT2D eigenvalue weighted by molar-refractivity contribution is 6.31. The molecule has 0 aliphatic carbocycles. The van der Waals surface area contributed by atoms with Crippen molar-refractivity contribution in [1.82, 2.24) is 0 Å². The van der Waals surface area contributed by atoms with E-state index in [1.807, 2.05) is 0 Å². The van der Waals surface area contributed by atoms with Gasteiger partial charge < -0.3 is 9.52 Å². The minimum Gasteiger partial charge on any atom is -0.455 e. The number of aliphatic hydroxyl groups excluding tert-OH is 1. The van der Waals surface area contributed by atoms with E-state index in [0.717, 1.165) is 0 Å². The largest absolute Gasteiger partial charge is 0.455 e. The van der Waals surface area contributed by atoms with Gasteiger partial charge in [0.15, 0.2) is 11.4 Å². The molecule has 1 N–H and O–H groups in total. The average Bonchev–Trinajstić information content (AvgIpc) is 2.87. The zero-order valence-corrected chi connectivity index (χ0v) is 11.6. The van der Waals surface area contributed by atoms with Crippen LogP contribution in [-0.2, 0) is 6.42 Å². The van der Waals surface area contributed by atoms with Gasteiger partial charge in [0.1, 0.15) is 17.7 Å². The van der Waals surface area contributed by atoms with Crippen LogP contribution in [-0.4, -0.2) is 5.11 Å². The quantitative estimate of drug-likeness (QED) is 0.764. The molecule has 3 aromatic rings. The fourth-order valence-corrected chi connectivity index (χ4v) is 2.45. The lowest BCUT2D eigenvalue weighted by atomic mass is 10.1. The summed E-state index contributed by atoms with van der Waals surface area (Å²) in [5.41, 5.74) is 0.697. The van der Waals surface area contributed by atoms with E-state index in [4.69, 9.17) is 16.0 Å². The Kier molecular flexibility index (Phi) is 3.66. The molecule has 1 aromatic heterocycles. The standard InChI is InChI=1S/C16H11ClF2O2/c17-12-8-11(18)5-4-9(12)6-14(20)15-7-10-2-1-3-13(19)16(10)21-15/h1-5,7-8,14,20H,6H2. The van der Waals surface area contributed by atoms with Gasteiger partial charge in [0.2, 0.25) is 0 Å². The highest BCUT2D eigenvalue weighted by atomic mass is 35.5. The number of fused-ring (bicyclic) bond motifs is 1. The lowest BCUT2D eigenvalue weighted by Gasteiger charge is -2.09. The van der Waals surface area contributed by atoms with Crippen LogP contribution in [0.2, 0.25) is 5.02 Å². The number of hydrogen-bond donors (Lipinski definition) is 1. The molecule has 3 rings (SSSR count). The van der Waals surface area contributed by atoms with Gasteiger partial charge in [-0.1, -0.05) is 29.8 Å². The molecule has 2 aromatic carbocycles. The van der Waals surface area contributed by atoms with E-state index < -0.39 is 17.7 Å². The second-order valence-corrected chi connectivity index (χ2v) is 5.17. The van der Waals surface area contributed by atoms with E-state index in [0.29, 0.717) is 10.9 Å². The van der Waals surface area contributed by atoms with E-state index in [9.17, 15) is 13.9 Å². The molecule has 1 atom stereocenters. The van der Waals surface area contributed by atoms with Crippen LogP contribution in [0.1, 0.15) is 17.4 Å². The molecule has 1 unspecified atom stereocenters. The molecule has 0 aliphatic rings. The van der Waals surface area contributed by atoms with Gasteiger partial charge in [0.25, 0.3) is 0 Å². The Bertz CT molecular complexity index is 798. The predicted octanol–water partition coefficient (Wildman–Crippen LogP) is 4.64. The summed E-state index contributed by atoms with van der Waals surface area (Å²) >= 11 is 5.92. The van der Waals surface area contributed by atoms with E-state index >= 15 is 0 Å². The molecule has 5 heteroatoms. The maximum Gasteiger partial charge on any atom is 0.170 e. The minimum absolute atomic E-state index is 0.108. The zero-order chi connectivity index (χ0) is 15.0. The first-order valence-electron chi connectivity index (χ1n) is 6.34. The number of furan rings is 1. The Morgan fingerprint density at radius 1 is 1.14 bits per heavy atom. The van der Waals surface area contributed by atoms with Gasteiger partial charge in [-0.15, -0.1) is 0 Å². The smallest absolute Gasteiger partial charge is 0.170 e. The molecule has 0 bridgehead atoms. The summed E-state index contributed by atoms with van der Waals surface area (Å²) in [6.45, 7) is 0. The van der Waals surface area contributed by atoms with Crippen LogP contribution in [0.4, 0.5) is 8.78 Å². The predicted molar refractivity (Wildman–Crippen MR) is 76.2 cm³/mol. The topological polar surface area (TPSA) is 33.4 Å². The van der Waals surface area contributed by atoms with E-state index in [-0.39, 0.29) is 22.8 Å². The summed E-state index contributed by atoms with van der Waals surface area (Å²) in [4.78, 5) is 0. The summed E-state index contributed by atoms with van der Waals surface area (Å²) in [6.07, 6.45) is -0.833. The lowest BCUT2D eigenvalue weighted by Crippen LogP contribution is -2.01. The molecule has 1 heterocycles. The van der Waals surface area contributed by atoms with Crippen molar-refractivity contribution in [2.75, 3.05) is 0 Å². The van der Waals surface area contributed by atoms with Crippen molar-refractivity contribution in [1.29, 1.82) is 0 Å². The van der Waals surface area contributed by atoms with E-state index in [2.05, 4.69) is 0 Å². The first-order chi connectivity index (χ1) is 10.0. The van der Waals surface area contributed by atoms with Gasteiger partial charge in [-0.2, -0.15) is 0 Å². The number of aliphatic hydroxyl groups is 1. The van der Waals surface area contributed by atoms with Gasteiger partial charge in [-0.05, 0) is 29.8 Å². The Hall–Kier alpha value is -1.91. The molecular formula is C16H11ClF2O2. The summed E-state index contributed by atoms with van der Waals surface area (Å²) in [5, 5.41) is 11.0. The molecular weight excluding hydrogens is 298 g/mol. The SMILES string of the molecule is OC(Cc1ccc(F)cc1Cl)c1cc2cccc(F)c2o1. The second-order valence-electron chi connectivity index (χ2n) is 4.76. The Balaban J connectivity index is 1.90. The van der Waals surface area contributed by atoms with Crippen LogP contribution < -0.4 is 0 Å². The molecule has 0 amide bonds. The van der Waals surface area contributed by atoms with Gasteiger partial charge in [0, 0.05) is 16.8 Å². The van der Waals surface area contributed by atoms with E-state index in [1.54, 1.807) is 18.2 Å². The van der Waals surface area contributed by atoms with Crippen molar-refractivity contribution >= 4 is 22.6 Å². The first kappa shape index (κ1) is 14.0. The van der Waals surface area contributed by atoms with Gasteiger partial charge in [0.05, 0.1) is 0 Å². The van der Waals surface area contributed by atoms with Crippen molar-refractivity contribution < 1.29 is 18.3 Å². The summed E-state index contributed by atoms with van der Waals surface area (Å²) in [5.74, 6) is -0.676. The summed E-state index contributed by atoms with van der Waals surface area (Å²) < 4.78 is 31.9. The number of hydrogen-bond acceptors (Lipinski definition) is 2. The van der Waals surface area contributed by atoms with Crippen molar-refractivity contribution in [3.8, 4) is 0 Å². The minimum atomic E-state index is -0.986. The van der Waals surface area contributed by atoms with Crippen LogP contribution in [0.5, 0.6) is 0 Å². The van der Waals surface area contributed by atoms with E-state index in [1.165, 1.54) is 24.3 Å². The van der Waals surface area contributed by atoms with Gasteiger partial charge >= 0.3 is 0 Å². The Morgan fingerprint density at radius 3 is 2.67 bits per heavy atom. The highest BCUT2D eigenvalue weighted by Gasteiger charge is 2.17. The molecule has 0 radical (unpaired) electrons. The first-order valence-corrected chi connectivity index (χ1v) is 6.72. The number of benzene rings is 2. The molecule has 0 spiro atoms. The van der Waals surface area contributed by atoms with Crippen LogP contribution in [0.15, 0.2) is 46.9 Å². The highest BCUT2D eigenvalue weighted by Crippen LogP contribution is 2.29. The Morgan fingerprint density at radius 2 is 1.95 bits per heavy atom. The zero-order valence-electron chi connectivity index (χ0n) is 10.8. The summed E-state index contributed by atoms with van der Waals surface area (Å²) in [6, 6.07) is 10.1. The van der Waals surface area contributed by atoms with Crippen LogP contribution >= 0.6 is 11.6 Å². The third-order valence-corrected chi connectivity index (χ3v) is 3.62. The molecule has 2 nitrogen and oxygen atoms in total. The Labute approximate surface area is 124 Å². The maximum atomic E-state index is 13.6. The third kappa shape index (κ3) is 2.77. The van der Waals surface area contributed by atoms with Gasteiger partial charge in [-0.3, -0.25) is 0 Å². The van der Waals surface area contributed by atoms with Crippen molar-refractivity contribution in [3.05, 3.63) is 70.4 Å².